The van der Waals surface area contributed by atoms with Gasteiger partial charge in [0.15, 0.2) is 5.82 Å². The number of sulfonamides is 1. The number of nitrogens with one attached hydrogen (secondary N) is 3. The molecule has 0 fully saturated rings. The Labute approximate surface area is 185 Å². The van der Waals surface area contributed by atoms with Crippen LogP contribution in [0.1, 0.15) is 5.56 Å². The van der Waals surface area contributed by atoms with Gasteiger partial charge >= 0.3 is 0 Å². The van der Waals surface area contributed by atoms with Crippen molar-refractivity contribution < 1.29 is 17.9 Å². The van der Waals surface area contributed by atoms with Crippen LogP contribution in [0.15, 0.2) is 42.6 Å². The van der Waals surface area contributed by atoms with E-state index in [1.807, 2.05) is 25.1 Å². The Kier molecular flexibility index (Phi) is 6.71. The molecule has 2 aromatic carbocycles. The van der Waals surface area contributed by atoms with E-state index in [1.54, 1.807) is 25.3 Å². The second-order valence-electron chi connectivity index (χ2n) is 6.63. The molecule has 0 atom stereocenters. The molecule has 0 aliphatic heterocycles. The lowest BCUT2D eigenvalue weighted by molar-refractivity contribution is 0.415. The first-order valence-electron chi connectivity index (χ1n) is 9.05. The highest BCUT2D eigenvalue weighted by Crippen LogP contribution is 2.33. The molecule has 0 radical (unpaired) electrons. The zero-order valence-corrected chi connectivity index (χ0v) is 18.9. The molecule has 0 aliphatic carbocycles. The van der Waals surface area contributed by atoms with Gasteiger partial charge in [-0.25, -0.2) is 13.4 Å². The molecule has 0 saturated heterocycles. The Bertz CT molecular complexity index is 1200. The van der Waals surface area contributed by atoms with E-state index in [0.717, 1.165) is 11.8 Å². The van der Waals surface area contributed by atoms with Crippen LogP contribution in [0.25, 0.3) is 0 Å². The molecule has 0 spiro atoms. The van der Waals surface area contributed by atoms with Gasteiger partial charge in [0.05, 0.1) is 43.7 Å². The molecule has 3 aromatic rings. The lowest BCUT2D eigenvalue weighted by atomic mass is 10.2. The Morgan fingerprint density at radius 1 is 0.968 bits per heavy atom. The minimum Gasteiger partial charge on any atom is -0.497 e. The van der Waals surface area contributed by atoms with Crippen molar-refractivity contribution in [1.82, 2.24) is 9.97 Å². The molecule has 0 aliphatic rings. The van der Waals surface area contributed by atoms with Gasteiger partial charge in [-0.1, -0.05) is 17.7 Å². The summed E-state index contributed by atoms with van der Waals surface area (Å²) in [6, 6.07) is 10.6. The summed E-state index contributed by atoms with van der Waals surface area (Å²) in [7, 11) is -0.459. The van der Waals surface area contributed by atoms with E-state index in [2.05, 4.69) is 25.3 Å². The van der Waals surface area contributed by atoms with Crippen LogP contribution in [0.5, 0.6) is 11.5 Å². The van der Waals surface area contributed by atoms with Crippen LogP contribution in [0, 0.1) is 6.92 Å². The van der Waals surface area contributed by atoms with Crippen molar-refractivity contribution >= 4 is 50.5 Å². The predicted molar refractivity (Wildman–Crippen MR) is 123 cm³/mol. The normalized spacial score (nSPS) is 11.0. The van der Waals surface area contributed by atoms with Crippen LogP contribution in [0.2, 0.25) is 5.02 Å². The van der Waals surface area contributed by atoms with Crippen LogP contribution >= 0.6 is 11.6 Å². The predicted octanol–water partition coefficient (Wildman–Crippen LogP) is 4.31. The number of ether oxygens (including phenoxy) is 2. The molecule has 3 N–H and O–H groups in total. The molecular weight excluding hydrogens is 442 g/mol. The molecular formula is C20H22ClN5O4S. The summed E-state index contributed by atoms with van der Waals surface area (Å²) in [5, 5.41) is 6.41. The lowest BCUT2D eigenvalue weighted by Gasteiger charge is -2.15. The molecule has 0 unspecified atom stereocenters. The van der Waals surface area contributed by atoms with E-state index in [1.165, 1.54) is 13.3 Å². The summed E-state index contributed by atoms with van der Waals surface area (Å²) in [5.74, 6) is 1.68. The number of halogens is 1. The first-order valence-corrected chi connectivity index (χ1v) is 11.3. The van der Waals surface area contributed by atoms with Gasteiger partial charge in [-0.3, -0.25) is 4.72 Å². The summed E-state index contributed by atoms with van der Waals surface area (Å²) in [6.07, 6.45) is 2.50. The van der Waals surface area contributed by atoms with Crippen molar-refractivity contribution in [2.75, 3.05) is 35.8 Å². The van der Waals surface area contributed by atoms with Gasteiger partial charge in [-0.15, -0.1) is 0 Å². The Balaban J connectivity index is 1.94. The van der Waals surface area contributed by atoms with Gasteiger partial charge in [0.1, 0.15) is 16.5 Å². The fourth-order valence-electron chi connectivity index (χ4n) is 2.73. The number of methoxy groups -OCH3 is 2. The number of aromatic nitrogens is 2. The molecule has 9 nitrogen and oxygen atoms in total. The average Bonchev–Trinajstić information content (AvgIpc) is 2.70. The second kappa shape index (κ2) is 9.27. The SMILES string of the molecule is COc1ccc(Nc2nc(Nc3cc(C)ccc3OC)ncc2Cl)c(NS(C)(=O)=O)c1. The molecule has 0 saturated carbocycles. The third kappa shape index (κ3) is 5.89. The Morgan fingerprint density at radius 3 is 2.42 bits per heavy atom. The Morgan fingerprint density at radius 2 is 1.74 bits per heavy atom. The van der Waals surface area contributed by atoms with Gasteiger partial charge in [0, 0.05) is 6.07 Å². The van der Waals surface area contributed by atoms with E-state index < -0.39 is 10.0 Å². The maximum Gasteiger partial charge on any atom is 0.229 e. The number of hydrogen-bond donors (Lipinski definition) is 3. The van der Waals surface area contributed by atoms with Gasteiger partial charge in [-0.2, -0.15) is 4.98 Å². The molecule has 3 rings (SSSR count). The molecule has 31 heavy (non-hydrogen) atoms. The van der Waals surface area contributed by atoms with E-state index in [4.69, 9.17) is 21.1 Å². The zero-order chi connectivity index (χ0) is 22.6. The van der Waals surface area contributed by atoms with Crippen LogP contribution in [0.4, 0.5) is 28.8 Å². The summed E-state index contributed by atoms with van der Waals surface area (Å²) >= 11 is 6.27. The third-order valence-electron chi connectivity index (χ3n) is 4.12. The third-order valence-corrected chi connectivity index (χ3v) is 4.99. The zero-order valence-electron chi connectivity index (χ0n) is 17.4. The topological polar surface area (TPSA) is 114 Å². The number of hydrogen-bond acceptors (Lipinski definition) is 8. The first kappa shape index (κ1) is 22.4. The van der Waals surface area contributed by atoms with Crippen molar-refractivity contribution in [2.45, 2.75) is 6.92 Å². The van der Waals surface area contributed by atoms with Crippen LogP contribution < -0.4 is 24.8 Å². The summed E-state index contributed by atoms with van der Waals surface area (Å²) < 4.78 is 36.5. The van der Waals surface area contributed by atoms with Crippen LogP contribution in [-0.4, -0.2) is 38.9 Å². The molecule has 1 aromatic heterocycles. The van der Waals surface area contributed by atoms with Crippen molar-refractivity contribution in [3.63, 3.8) is 0 Å². The number of aryl methyl sites for hydroxylation is 1. The highest BCUT2D eigenvalue weighted by molar-refractivity contribution is 7.92. The maximum absolute atomic E-state index is 11.8. The molecule has 164 valence electrons. The van der Waals surface area contributed by atoms with Crippen molar-refractivity contribution in [1.29, 1.82) is 0 Å². The van der Waals surface area contributed by atoms with Crippen molar-refractivity contribution in [2.24, 2.45) is 0 Å². The summed E-state index contributed by atoms with van der Waals surface area (Å²) in [6.45, 7) is 1.96. The van der Waals surface area contributed by atoms with Crippen LogP contribution in [0.3, 0.4) is 0 Å². The average molecular weight is 464 g/mol. The van der Waals surface area contributed by atoms with Crippen LogP contribution in [-0.2, 0) is 10.0 Å². The summed E-state index contributed by atoms with van der Waals surface area (Å²) in [4.78, 5) is 8.63. The van der Waals surface area contributed by atoms with Crippen molar-refractivity contribution in [3.8, 4) is 11.5 Å². The standard InChI is InChI=1S/C20H22ClN5O4S/c1-12-5-8-18(30-3)17(9-12)24-20-22-11-14(21)19(25-20)23-15-7-6-13(29-2)10-16(15)26-31(4,27)28/h5-11,26H,1-4H3,(H2,22,23,24,25). The number of nitrogens with zero attached hydrogens (tertiary/aromatic N) is 2. The fourth-order valence-corrected chi connectivity index (χ4v) is 3.43. The highest BCUT2D eigenvalue weighted by Gasteiger charge is 2.13. The van der Waals surface area contributed by atoms with Gasteiger partial charge < -0.3 is 20.1 Å². The van der Waals surface area contributed by atoms with E-state index in [9.17, 15) is 8.42 Å². The monoisotopic (exact) mass is 463 g/mol. The lowest BCUT2D eigenvalue weighted by Crippen LogP contribution is -2.11. The number of benzene rings is 2. The smallest absolute Gasteiger partial charge is 0.229 e. The molecule has 0 amide bonds. The fraction of sp³-hybridized carbons (Fsp3) is 0.200. The first-order chi connectivity index (χ1) is 14.7. The van der Waals surface area contributed by atoms with E-state index in [-0.39, 0.29) is 22.5 Å². The quantitative estimate of drug-likeness (QED) is 0.452. The van der Waals surface area contributed by atoms with Gasteiger partial charge in [0.2, 0.25) is 16.0 Å². The van der Waals surface area contributed by atoms with E-state index >= 15 is 0 Å². The Hall–Kier alpha value is -3.24. The van der Waals surface area contributed by atoms with Gasteiger partial charge in [0.25, 0.3) is 0 Å². The van der Waals surface area contributed by atoms with Crippen molar-refractivity contribution in [3.05, 3.63) is 53.2 Å². The minimum atomic E-state index is -3.53. The highest BCUT2D eigenvalue weighted by atomic mass is 35.5. The van der Waals surface area contributed by atoms with Gasteiger partial charge in [-0.05, 0) is 36.8 Å². The molecule has 0 bridgehead atoms. The maximum atomic E-state index is 11.8. The molecule has 11 heteroatoms. The minimum absolute atomic E-state index is 0.253. The van der Waals surface area contributed by atoms with E-state index in [0.29, 0.717) is 22.9 Å². The molecule has 1 heterocycles. The number of anilines is 5. The second-order valence-corrected chi connectivity index (χ2v) is 8.79. The number of rotatable bonds is 8. The summed E-state index contributed by atoms with van der Waals surface area (Å²) in [5.41, 5.74) is 2.45. The largest absolute Gasteiger partial charge is 0.497 e.